The van der Waals surface area contributed by atoms with Crippen molar-refractivity contribution in [1.29, 1.82) is 0 Å². The van der Waals surface area contributed by atoms with Crippen molar-refractivity contribution in [2.45, 2.75) is 11.7 Å². The van der Waals surface area contributed by atoms with E-state index in [9.17, 15) is 9.59 Å². The maximum Gasteiger partial charge on any atom is 0.233 e. The van der Waals surface area contributed by atoms with Gasteiger partial charge in [-0.25, -0.2) is 0 Å². The Hall–Kier alpha value is -0.910. The maximum absolute atomic E-state index is 11.9. The molecule has 2 N–H and O–H groups in total. The van der Waals surface area contributed by atoms with Crippen LogP contribution in [0.2, 0.25) is 10.0 Å². The number of nitrogens with one attached hydrogen (secondary N) is 2. The summed E-state index contributed by atoms with van der Waals surface area (Å²) in [7, 11) is 0. The standard InChI is InChI=1S/C12H12Cl2N2O2S/c13-7-2-1-3-8(11(7)14)16-10(17)6-9-12(18)15-4-5-19-9/h1-3,9H,4-6H2,(H,15,18)(H,16,17). The van der Waals surface area contributed by atoms with Gasteiger partial charge in [0.2, 0.25) is 11.8 Å². The second-order valence-electron chi connectivity index (χ2n) is 4.00. The van der Waals surface area contributed by atoms with E-state index in [0.29, 0.717) is 22.3 Å². The van der Waals surface area contributed by atoms with E-state index in [-0.39, 0.29) is 23.5 Å². The minimum absolute atomic E-state index is 0.0939. The van der Waals surface area contributed by atoms with Crippen LogP contribution in [-0.4, -0.2) is 29.4 Å². The van der Waals surface area contributed by atoms with E-state index in [2.05, 4.69) is 10.6 Å². The van der Waals surface area contributed by atoms with Crippen molar-refractivity contribution < 1.29 is 9.59 Å². The van der Waals surface area contributed by atoms with Crippen LogP contribution in [0.25, 0.3) is 0 Å². The van der Waals surface area contributed by atoms with Gasteiger partial charge in [0.25, 0.3) is 0 Å². The summed E-state index contributed by atoms with van der Waals surface area (Å²) in [6.45, 7) is 0.655. The maximum atomic E-state index is 11.9. The second kappa shape index (κ2) is 6.50. The van der Waals surface area contributed by atoms with Crippen LogP contribution in [0.4, 0.5) is 5.69 Å². The zero-order valence-corrected chi connectivity index (χ0v) is 12.2. The van der Waals surface area contributed by atoms with Crippen LogP contribution in [0.5, 0.6) is 0 Å². The van der Waals surface area contributed by atoms with Gasteiger partial charge in [-0.3, -0.25) is 9.59 Å². The number of amides is 2. The smallest absolute Gasteiger partial charge is 0.233 e. The molecule has 2 rings (SSSR count). The zero-order valence-electron chi connectivity index (χ0n) is 9.91. The Morgan fingerprint density at radius 1 is 1.47 bits per heavy atom. The quantitative estimate of drug-likeness (QED) is 0.900. The molecular formula is C12H12Cl2N2O2S. The molecule has 1 aliphatic rings. The van der Waals surface area contributed by atoms with Gasteiger partial charge >= 0.3 is 0 Å². The van der Waals surface area contributed by atoms with E-state index in [1.807, 2.05) is 0 Å². The van der Waals surface area contributed by atoms with Crippen molar-refractivity contribution >= 4 is 52.5 Å². The minimum Gasteiger partial charge on any atom is -0.354 e. The number of thioether (sulfide) groups is 1. The van der Waals surface area contributed by atoms with Gasteiger partial charge in [0.05, 0.1) is 21.0 Å². The van der Waals surface area contributed by atoms with Crippen molar-refractivity contribution in [2.75, 3.05) is 17.6 Å². The zero-order chi connectivity index (χ0) is 13.8. The van der Waals surface area contributed by atoms with Crippen LogP contribution >= 0.6 is 35.0 Å². The molecule has 1 saturated heterocycles. The third kappa shape index (κ3) is 3.78. The summed E-state index contributed by atoms with van der Waals surface area (Å²) in [6, 6.07) is 5.01. The number of benzene rings is 1. The Kier molecular flexibility index (Phi) is 4.96. The van der Waals surface area contributed by atoms with Crippen LogP contribution in [0.1, 0.15) is 6.42 Å². The Morgan fingerprint density at radius 2 is 2.26 bits per heavy atom. The summed E-state index contributed by atoms with van der Waals surface area (Å²) in [6.07, 6.45) is 0.124. The van der Waals surface area contributed by atoms with Crippen LogP contribution in [0.3, 0.4) is 0 Å². The van der Waals surface area contributed by atoms with Crippen molar-refractivity contribution in [3.05, 3.63) is 28.2 Å². The molecule has 2 amide bonds. The SMILES string of the molecule is O=C(CC1SCCNC1=O)Nc1cccc(Cl)c1Cl. The van der Waals surface area contributed by atoms with Crippen molar-refractivity contribution in [3.8, 4) is 0 Å². The topological polar surface area (TPSA) is 58.2 Å². The number of halogens is 2. The molecule has 4 nitrogen and oxygen atoms in total. The molecular weight excluding hydrogens is 307 g/mol. The molecule has 1 unspecified atom stereocenters. The Morgan fingerprint density at radius 3 is 3.00 bits per heavy atom. The molecule has 0 bridgehead atoms. The molecule has 1 aromatic rings. The Balaban J connectivity index is 1.97. The van der Waals surface area contributed by atoms with Crippen LogP contribution < -0.4 is 10.6 Å². The van der Waals surface area contributed by atoms with E-state index >= 15 is 0 Å². The number of carbonyl (C=O) groups excluding carboxylic acids is 2. The Bertz CT molecular complexity index is 511. The molecule has 1 aliphatic heterocycles. The molecule has 0 radical (unpaired) electrons. The van der Waals surface area contributed by atoms with Gasteiger partial charge in [0.1, 0.15) is 0 Å². The first kappa shape index (κ1) is 14.5. The lowest BCUT2D eigenvalue weighted by molar-refractivity contribution is -0.123. The number of hydrogen-bond acceptors (Lipinski definition) is 3. The van der Waals surface area contributed by atoms with Gasteiger partial charge in [-0.2, -0.15) is 0 Å². The summed E-state index contributed by atoms with van der Waals surface area (Å²) < 4.78 is 0. The summed E-state index contributed by atoms with van der Waals surface area (Å²) in [5.74, 6) is 0.476. The van der Waals surface area contributed by atoms with E-state index in [0.717, 1.165) is 5.75 Å². The van der Waals surface area contributed by atoms with Crippen LogP contribution in [0.15, 0.2) is 18.2 Å². The molecule has 1 atom stereocenters. The molecule has 0 aromatic heterocycles. The van der Waals surface area contributed by atoms with Gasteiger partial charge in [-0.1, -0.05) is 29.3 Å². The van der Waals surface area contributed by atoms with E-state index in [4.69, 9.17) is 23.2 Å². The van der Waals surface area contributed by atoms with Gasteiger partial charge in [-0.15, -0.1) is 11.8 Å². The average Bonchev–Trinajstić information content (AvgIpc) is 2.38. The molecule has 1 heterocycles. The summed E-state index contributed by atoms with van der Waals surface area (Å²) in [4.78, 5) is 23.4. The van der Waals surface area contributed by atoms with E-state index in [1.54, 1.807) is 18.2 Å². The lowest BCUT2D eigenvalue weighted by Gasteiger charge is -2.21. The first-order chi connectivity index (χ1) is 9.08. The van der Waals surface area contributed by atoms with E-state index in [1.165, 1.54) is 11.8 Å². The van der Waals surface area contributed by atoms with Crippen molar-refractivity contribution in [1.82, 2.24) is 5.32 Å². The van der Waals surface area contributed by atoms with Crippen LogP contribution in [0, 0.1) is 0 Å². The fraction of sp³-hybridized carbons (Fsp3) is 0.333. The van der Waals surface area contributed by atoms with Crippen molar-refractivity contribution in [3.63, 3.8) is 0 Å². The minimum atomic E-state index is -0.341. The number of rotatable bonds is 3. The van der Waals surface area contributed by atoms with Gasteiger partial charge in [-0.05, 0) is 12.1 Å². The van der Waals surface area contributed by atoms with Crippen LogP contribution in [-0.2, 0) is 9.59 Å². The second-order valence-corrected chi connectivity index (χ2v) is 6.10. The molecule has 1 aromatic carbocycles. The predicted molar refractivity (Wildman–Crippen MR) is 79.0 cm³/mol. The Labute approximate surface area is 125 Å². The first-order valence-corrected chi connectivity index (χ1v) is 7.51. The fourth-order valence-electron chi connectivity index (χ4n) is 1.69. The van der Waals surface area contributed by atoms with Gasteiger partial charge in [0, 0.05) is 18.7 Å². The van der Waals surface area contributed by atoms with Gasteiger partial charge < -0.3 is 10.6 Å². The highest BCUT2D eigenvalue weighted by Gasteiger charge is 2.25. The summed E-state index contributed by atoms with van der Waals surface area (Å²) in [5, 5.41) is 5.75. The molecule has 1 fully saturated rings. The molecule has 0 spiro atoms. The fourth-order valence-corrected chi connectivity index (χ4v) is 3.04. The highest BCUT2D eigenvalue weighted by Crippen LogP contribution is 2.30. The van der Waals surface area contributed by atoms with Gasteiger partial charge in [0.15, 0.2) is 0 Å². The predicted octanol–water partition coefficient (Wildman–Crippen LogP) is 2.55. The molecule has 102 valence electrons. The third-order valence-electron chi connectivity index (χ3n) is 2.61. The summed E-state index contributed by atoms with van der Waals surface area (Å²) >= 11 is 13.3. The third-order valence-corrected chi connectivity index (χ3v) is 4.65. The lowest BCUT2D eigenvalue weighted by atomic mass is 10.2. The van der Waals surface area contributed by atoms with E-state index < -0.39 is 0 Å². The lowest BCUT2D eigenvalue weighted by Crippen LogP contribution is -2.40. The number of hydrogen-bond donors (Lipinski definition) is 2. The monoisotopic (exact) mass is 318 g/mol. The number of anilines is 1. The first-order valence-electron chi connectivity index (χ1n) is 5.71. The molecule has 0 saturated carbocycles. The molecule has 7 heteroatoms. The highest BCUT2D eigenvalue weighted by molar-refractivity contribution is 8.00. The summed E-state index contributed by atoms with van der Waals surface area (Å²) in [5.41, 5.74) is 0.459. The normalized spacial score (nSPS) is 18.8. The molecule has 0 aliphatic carbocycles. The average molecular weight is 319 g/mol. The number of carbonyl (C=O) groups is 2. The highest BCUT2D eigenvalue weighted by atomic mass is 35.5. The van der Waals surface area contributed by atoms with Crippen molar-refractivity contribution in [2.24, 2.45) is 0 Å². The molecule has 19 heavy (non-hydrogen) atoms. The largest absolute Gasteiger partial charge is 0.354 e.